The number of carbonyl (C=O) groups excluding carboxylic acids is 2. The maximum Gasteiger partial charge on any atom is 0.328 e. The van der Waals surface area contributed by atoms with Gasteiger partial charge in [0.2, 0.25) is 0 Å². The molecule has 1 aliphatic carbocycles. The van der Waals surface area contributed by atoms with Gasteiger partial charge in [0, 0.05) is 6.04 Å². The summed E-state index contributed by atoms with van der Waals surface area (Å²) in [6, 6.07) is 9.35. The highest BCUT2D eigenvalue weighted by molar-refractivity contribution is 5.83. The van der Waals surface area contributed by atoms with Crippen molar-refractivity contribution in [2.45, 2.75) is 38.8 Å². The normalized spacial score (nSPS) is 15.4. The summed E-state index contributed by atoms with van der Waals surface area (Å²) in [5, 5.41) is 2.82. The first kappa shape index (κ1) is 16.5. The van der Waals surface area contributed by atoms with Gasteiger partial charge in [-0.3, -0.25) is 9.69 Å². The fourth-order valence-electron chi connectivity index (χ4n) is 2.43. The van der Waals surface area contributed by atoms with Crippen molar-refractivity contribution in [2.24, 2.45) is 0 Å². The molecule has 1 saturated carbocycles. The van der Waals surface area contributed by atoms with Gasteiger partial charge in [-0.2, -0.15) is 0 Å². The minimum atomic E-state index is -0.468. The number of carbonyl (C=O) groups is 2. The zero-order chi connectivity index (χ0) is 15.9. The molecule has 120 valence electrons. The molecule has 0 bridgehead atoms. The van der Waals surface area contributed by atoms with Crippen molar-refractivity contribution in [1.82, 2.24) is 10.2 Å². The fourth-order valence-corrected chi connectivity index (χ4v) is 2.43. The third-order valence-corrected chi connectivity index (χ3v) is 3.80. The van der Waals surface area contributed by atoms with Gasteiger partial charge in [-0.05, 0) is 31.5 Å². The smallest absolute Gasteiger partial charge is 0.328 e. The lowest BCUT2D eigenvalue weighted by atomic mass is 10.1. The molecule has 1 aromatic carbocycles. The van der Waals surface area contributed by atoms with Gasteiger partial charge in [-0.25, -0.2) is 4.79 Å². The number of hydrogen-bond donors (Lipinski definition) is 1. The van der Waals surface area contributed by atoms with Crippen molar-refractivity contribution in [2.75, 3.05) is 19.7 Å². The van der Waals surface area contributed by atoms with E-state index in [2.05, 4.69) is 5.32 Å². The molecule has 1 N–H and O–H groups in total. The van der Waals surface area contributed by atoms with E-state index in [-0.39, 0.29) is 24.5 Å². The number of likely N-dealkylation sites (N-methyl/N-ethyl adjacent to an activating group) is 1. The molecule has 1 unspecified atom stereocenters. The molecule has 1 atom stereocenters. The lowest BCUT2D eigenvalue weighted by Gasteiger charge is -2.28. The molecule has 1 fully saturated rings. The maximum atomic E-state index is 12.5. The van der Waals surface area contributed by atoms with Crippen molar-refractivity contribution in [1.29, 1.82) is 0 Å². The van der Waals surface area contributed by atoms with E-state index in [9.17, 15) is 9.59 Å². The highest BCUT2D eigenvalue weighted by atomic mass is 16.5. The van der Waals surface area contributed by atoms with E-state index in [1.807, 2.05) is 49.1 Å². The Morgan fingerprint density at radius 2 is 1.86 bits per heavy atom. The van der Waals surface area contributed by atoms with Crippen LogP contribution in [0.25, 0.3) is 0 Å². The predicted molar refractivity (Wildman–Crippen MR) is 84.2 cm³/mol. The Hall–Kier alpha value is -1.88. The number of amides is 1. The third kappa shape index (κ3) is 4.56. The highest BCUT2D eigenvalue weighted by Crippen LogP contribution is 2.22. The number of nitrogens with zero attached hydrogens (tertiary/aromatic N) is 1. The van der Waals surface area contributed by atoms with Crippen LogP contribution in [0.4, 0.5) is 0 Å². The summed E-state index contributed by atoms with van der Waals surface area (Å²) in [6.45, 7) is 5.28. The molecule has 0 saturated heterocycles. The molecule has 0 aromatic heterocycles. The monoisotopic (exact) mass is 304 g/mol. The van der Waals surface area contributed by atoms with Gasteiger partial charge in [0.25, 0.3) is 5.91 Å². The number of rotatable bonds is 8. The second-order valence-corrected chi connectivity index (χ2v) is 5.48. The highest BCUT2D eigenvalue weighted by Gasteiger charge is 2.28. The zero-order valence-corrected chi connectivity index (χ0v) is 13.2. The van der Waals surface area contributed by atoms with Crippen LogP contribution in [-0.2, 0) is 14.3 Å². The average molecular weight is 304 g/mol. The van der Waals surface area contributed by atoms with Gasteiger partial charge in [0.1, 0.15) is 6.04 Å². The molecule has 22 heavy (non-hydrogen) atoms. The molecule has 0 spiro atoms. The summed E-state index contributed by atoms with van der Waals surface area (Å²) in [7, 11) is 0. The third-order valence-electron chi connectivity index (χ3n) is 3.80. The Morgan fingerprint density at radius 1 is 1.23 bits per heavy atom. The molecular formula is C17H24N2O3. The van der Waals surface area contributed by atoms with Crippen LogP contribution in [0.3, 0.4) is 0 Å². The number of hydrogen-bond acceptors (Lipinski definition) is 4. The Labute approximate surface area is 131 Å². The summed E-state index contributed by atoms with van der Waals surface area (Å²) in [5.74, 6) is -0.594. The van der Waals surface area contributed by atoms with E-state index in [1.54, 1.807) is 0 Å². The van der Waals surface area contributed by atoms with Crippen LogP contribution in [-0.4, -0.2) is 42.5 Å². The molecule has 1 amide bonds. The summed E-state index contributed by atoms with van der Waals surface area (Å²) in [5.41, 5.74) is 0.888. The Bertz CT molecular complexity index is 496. The quantitative estimate of drug-likeness (QED) is 0.745. The lowest BCUT2D eigenvalue weighted by Crippen LogP contribution is -2.37. The molecule has 0 aliphatic heterocycles. The van der Waals surface area contributed by atoms with Gasteiger partial charge in [-0.15, -0.1) is 0 Å². The summed E-state index contributed by atoms with van der Waals surface area (Å²) in [6.07, 6.45) is 2.04. The zero-order valence-electron chi connectivity index (χ0n) is 13.2. The molecular weight excluding hydrogens is 280 g/mol. The van der Waals surface area contributed by atoms with Crippen molar-refractivity contribution < 1.29 is 14.3 Å². The molecule has 0 radical (unpaired) electrons. The summed E-state index contributed by atoms with van der Waals surface area (Å²) >= 11 is 0. The largest absolute Gasteiger partial charge is 0.454 e. The van der Waals surface area contributed by atoms with Crippen LogP contribution < -0.4 is 5.32 Å². The second kappa shape index (κ2) is 7.94. The minimum absolute atomic E-state index is 0.208. The van der Waals surface area contributed by atoms with E-state index in [4.69, 9.17) is 4.74 Å². The van der Waals surface area contributed by atoms with Crippen LogP contribution in [0.2, 0.25) is 0 Å². The van der Waals surface area contributed by atoms with Gasteiger partial charge in [0.15, 0.2) is 6.61 Å². The Kier molecular flexibility index (Phi) is 5.95. The number of ether oxygens (including phenoxy) is 1. The van der Waals surface area contributed by atoms with Crippen LogP contribution >= 0.6 is 0 Å². The molecule has 1 aromatic rings. The SMILES string of the molecule is CCN(CC)C(C(=O)OCC(=O)NC1CC1)c1ccccc1. The molecule has 5 nitrogen and oxygen atoms in total. The summed E-state index contributed by atoms with van der Waals surface area (Å²) < 4.78 is 5.24. The standard InChI is InChI=1S/C17H24N2O3/c1-3-19(4-2)16(13-8-6-5-7-9-13)17(21)22-12-15(20)18-14-10-11-14/h5-9,14,16H,3-4,10-12H2,1-2H3,(H,18,20). The van der Waals surface area contributed by atoms with Gasteiger partial charge in [-0.1, -0.05) is 44.2 Å². The van der Waals surface area contributed by atoms with E-state index in [0.29, 0.717) is 0 Å². The Morgan fingerprint density at radius 3 is 2.41 bits per heavy atom. The first-order valence-corrected chi connectivity index (χ1v) is 7.90. The second-order valence-electron chi connectivity index (χ2n) is 5.48. The van der Waals surface area contributed by atoms with E-state index < -0.39 is 6.04 Å². The van der Waals surface area contributed by atoms with Crippen LogP contribution in [0, 0.1) is 0 Å². The van der Waals surface area contributed by atoms with Gasteiger partial charge in [0.05, 0.1) is 0 Å². The van der Waals surface area contributed by atoms with E-state index in [1.165, 1.54) is 0 Å². The van der Waals surface area contributed by atoms with Crippen molar-refractivity contribution >= 4 is 11.9 Å². The molecule has 1 aliphatic rings. The van der Waals surface area contributed by atoms with Gasteiger partial charge < -0.3 is 10.1 Å². The summed E-state index contributed by atoms with van der Waals surface area (Å²) in [4.78, 5) is 26.2. The molecule has 0 heterocycles. The van der Waals surface area contributed by atoms with Crippen molar-refractivity contribution in [3.05, 3.63) is 35.9 Å². The van der Waals surface area contributed by atoms with Gasteiger partial charge >= 0.3 is 5.97 Å². The maximum absolute atomic E-state index is 12.5. The first-order chi connectivity index (χ1) is 10.7. The number of nitrogens with one attached hydrogen (secondary N) is 1. The first-order valence-electron chi connectivity index (χ1n) is 7.90. The van der Waals surface area contributed by atoms with E-state index in [0.717, 1.165) is 31.5 Å². The average Bonchev–Trinajstić information content (AvgIpc) is 3.35. The van der Waals surface area contributed by atoms with Crippen molar-refractivity contribution in [3.63, 3.8) is 0 Å². The van der Waals surface area contributed by atoms with Crippen LogP contribution in [0.5, 0.6) is 0 Å². The predicted octanol–water partition coefficient (Wildman–Crippen LogP) is 1.89. The minimum Gasteiger partial charge on any atom is -0.454 e. The molecule has 5 heteroatoms. The Balaban J connectivity index is 2.00. The van der Waals surface area contributed by atoms with Crippen molar-refractivity contribution in [3.8, 4) is 0 Å². The van der Waals surface area contributed by atoms with Crippen LogP contribution in [0.15, 0.2) is 30.3 Å². The van der Waals surface area contributed by atoms with E-state index >= 15 is 0 Å². The number of esters is 1. The molecule has 2 rings (SSSR count). The topological polar surface area (TPSA) is 58.6 Å². The fraction of sp³-hybridized carbons (Fsp3) is 0.529. The van der Waals surface area contributed by atoms with Crippen LogP contribution in [0.1, 0.15) is 38.3 Å². The lowest BCUT2D eigenvalue weighted by molar-refractivity contribution is -0.154. The number of benzene rings is 1.